The summed E-state index contributed by atoms with van der Waals surface area (Å²) in [6.07, 6.45) is 0. The Morgan fingerprint density at radius 2 is 2.03 bits per heavy atom. The molecule has 0 bridgehead atoms. The SMILES string of the molecule is COc1ccc(NC(=O)CSc2nc3ccsc3c(=O)n2-c2ccccc2)cc1Cl. The Hall–Kier alpha value is -2.81. The van der Waals surface area contributed by atoms with E-state index in [0.29, 0.717) is 37.5 Å². The second-order valence-electron chi connectivity index (χ2n) is 6.19. The largest absolute Gasteiger partial charge is 0.495 e. The van der Waals surface area contributed by atoms with Crippen LogP contribution >= 0.6 is 34.7 Å². The van der Waals surface area contributed by atoms with Gasteiger partial charge in [-0.25, -0.2) is 4.98 Å². The maximum atomic E-state index is 13.0. The molecule has 152 valence electrons. The van der Waals surface area contributed by atoms with Gasteiger partial charge in [-0.1, -0.05) is 41.6 Å². The number of fused-ring (bicyclic) bond motifs is 1. The Morgan fingerprint density at radius 3 is 2.77 bits per heavy atom. The van der Waals surface area contributed by atoms with Crippen molar-refractivity contribution in [2.24, 2.45) is 0 Å². The van der Waals surface area contributed by atoms with Crippen LogP contribution in [0, 0.1) is 0 Å². The van der Waals surface area contributed by atoms with E-state index in [0.717, 1.165) is 0 Å². The predicted molar refractivity (Wildman–Crippen MR) is 123 cm³/mol. The molecule has 6 nitrogen and oxygen atoms in total. The average molecular weight is 458 g/mol. The van der Waals surface area contributed by atoms with Crippen molar-refractivity contribution < 1.29 is 9.53 Å². The van der Waals surface area contributed by atoms with Crippen LogP contribution in [0.25, 0.3) is 15.9 Å². The first-order valence-electron chi connectivity index (χ1n) is 8.88. The molecule has 2 heterocycles. The summed E-state index contributed by atoms with van der Waals surface area (Å²) in [5.74, 6) is 0.378. The van der Waals surface area contributed by atoms with Gasteiger partial charge >= 0.3 is 0 Å². The Morgan fingerprint density at radius 1 is 1.23 bits per heavy atom. The zero-order chi connectivity index (χ0) is 21.1. The van der Waals surface area contributed by atoms with E-state index in [1.165, 1.54) is 30.2 Å². The summed E-state index contributed by atoms with van der Waals surface area (Å²) in [5, 5.41) is 5.50. The molecule has 4 rings (SSSR count). The van der Waals surface area contributed by atoms with Crippen LogP contribution in [0.1, 0.15) is 0 Å². The van der Waals surface area contributed by atoms with Crippen LogP contribution in [0.15, 0.2) is 69.9 Å². The fraction of sp³-hybridized carbons (Fsp3) is 0.0952. The molecule has 0 aliphatic heterocycles. The molecule has 0 saturated carbocycles. The Bertz CT molecular complexity index is 1270. The number of carbonyl (C=O) groups excluding carboxylic acids is 1. The highest BCUT2D eigenvalue weighted by Crippen LogP contribution is 2.28. The quantitative estimate of drug-likeness (QED) is 0.331. The van der Waals surface area contributed by atoms with Gasteiger partial charge in [0.05, 0.1) is 29.1 Å². The van der Waals surface area contributed by atoms with E-state index in [1.54, 1.807) is 28.8 Å². The van der Waals surface area contributed by atoms with Crippen molar-refractivity contribution >= 4 is 56.5 Å². The Labute approximate surface area is 185 Å². The van der Waals surface area contributed by atoms with Crippen LogP contribution in [-0.4, -0.2) is 28.3 Å². The summed E-state index contributed by atoms with van der Waals surface area (Å²) in [7, 11) is 1.53. The summed E-state index contributed by atoms with van der Waals surface area (Å²) < 4.78 is 7.24. The number of nitrogens with one attached hydrogen (secondary N) is 1. The lowest BCUT2D eigenvalue weighted by Gasteiger charge is -2.12. The number of aromatic nitrogens is 2. The molecule has 2 aromatic carbocycles. The van der Waals surface area contributed by atoms with Crippen LogP contribution in [0.4, 0.5) is 5.69 Å². The van der Waals surface area contributed by atoms with Crippen molar-refractivity contribution in [2.45, 2.75) is 5.16 Å². The fourth-order valence-electron chi connectivity index (χ4n) is 2.86. The van der Waals surface area contributed by atoms with E-state index < -0.39 is 0 Å². The third kappa shape index (κ3) is 4.21. The summed E-state index contributed by atoms with van der Waals surface area (Å²) in [5.41, 5.74) is 1.75. The van der Waals surface area contributed by atoms with Gasteiger partial charge in [0.1, 0.15) is 10.4 Å². The molecule has 1 N–H and O–H groups in total. The molecule has 0 aliphatic rings. The molecule has 30 heavy (non-hydrogen) atoms. The maximum absolute atomic E-state index is 13.0. The number of anilines is 1. The molecule has 9 heteroatoms. The predicted octanol–water partition coefficient (Wildman–Crippen LogP) is 4.84. The Kier molecular flexibility index (Phi) is 6.08. The lowest BCUT2D eigenvalue weighted by Crippen LogP contribution is -2.22. The minimum Gasteiger partial charge on any atom is -0.495 e. The first kappa shape index (κ1) is 20.5. The average Bonchev–Trinajstić information content (AvgIpc) is 3.22. The number of thioether (sulfide) groups is 1. The zero-order valence-electron chi connectivity index (χ0n) is 15.8. The number of thiophene rings is 1. The lowest BCUT2D eigenvalue weighted by atomic mass is 10.3. The van der Waals surface area contributed by atoms with Gasteiger partial charge in [-0.3, -0.25) is 14.2 Å². The first-order chi connectivity index (χ1) is 14.6. The number of amides is 1. The highest BCUT2D eigenvalue weighted by Gasteiger charge is 2.16. The number of nitrogens with zero attached hydrogens (tertiary/aromatic N) is 2. The first-order valence-corrected chi connectivity index (χ1v) is 11.1. The number of ether oxygens (including phenoxy) is 1. The van der Waals surface area contributed by atoms with Crippen molar-refractivity contribution in [3.05, 3.63) is 75.4 Å². The molecule has 2 aromatic heterocycles. The molecular weight excluding hydrogens is 442 g/mol. The topological polar surface area (TPSA) is 73.2 Å². The van der Waals surface area contributed by atoms with Crippen molar-refractivity contribution in [3.8, 4) is 11.4 Å². The van der Waals surface area contributed by atoms with Crippen LogP contribution in [0.5, 0.6) is 5.75 Å². The maximum Gasteiger partial charge on any atom is 0.276 e. The van der Waals surface area contributed by atoms with Gasteiger partial charge in [-0.2, -0.15) is 0 Å². The molecule has 4 aromatic rings. The van der Waals surface area contributed by atoms with Crippen LogP contribution in [-0.2, 0) is 4.79 Å². The van der Waals surface area contributed by atoms with Gasteiger partial charge in [0.25, 0.3) is 5.56 Å². The fourth-order valence-corrected chi connectivity index (χ4v) is 4.69. The van der Waals surface area contributed by atoms with Gasteiger partial charge in [-0.15, -0.1) is 11.3 Å². The van der Waals surface area contributed by atoms with E-state index in [1.807, 2.05) is 35.7 Å². The minimum absolute atomic E-state index is 0.0819. The van der Waals surface area contributed by atoms with E-state index in [-0.39, 0.29) is 17.2 Å². The molecular formula is C21H16ClN3O3S2. The molecule has 0 atom stereocenters. The van der Waals surface area contributed by atoms with Gasteiger partial charge in [0, 0.05) is 5.69 Å². The third-order valence-electron chi connectivity index (χ3n) is 4.23. The zero-order valence-corrected chi connectivity index (χ0v) is 18.2. The van der Waals surface area contributed by atoms with Crippen molar-refractivity contribution in [1.29, 1.82) is 0 Å². The third-order valence-corrected chi connectivity index (χ3v) is 6.36. The second-order valence-corrected chi connectivity index (χ2v) is 8.46. The van der Waals surface area contributed by atoms with Crippen LogP contribution in [0.3, 0.4) is 0 Å². The highest BCUT2D eigenvalue weighted by atomic mass is 35.5. The summed E-state index contributed by atoms with van der Waals surface area (Å²) in [6.45, 7) is 0. The van der Waals surface area contributed by atoms with E-state index in [4.69, 9.17) is 16.3 Å². The van der Waals surface area contributed by atoms with Gasteiger partial charge in [0.2, 0.25) is 5.91 Å². The molecule has 0 fully saturated rings. The number of benzene rings is 2. The molecule has 0 unspecified atom stereocenters. The highest BCUT2D eigenvalue weighted by molar-refractivity contribution is 7.99. The smallest absolute Gasteiger partial charge is 0.276 e. The standard InChI is InChI=1S/C21H16ClN3O3S2/c1-28-17-8-7-13(11-15(17)22)23-18(26)12-30-21-24-16-9-10-29-19(16)20(27)25(21)14-5-3-2-4-6-14/h2-11H,12H2,1H3,(H,23,26). The number of rotatable bonds is 6. The van der Waals surface area contributed by atoms with E-state index >= 15 is 0 Å². The number of halogens is 1. The molecule has 0 aliphatic carbocycles. The lowest BCUT2D eigenvalue weighted by molar-refractivity contribution is -0.113. The summed E-state index contributed by atoms with van der Waals surface area (Å²) >= 11 is 8.66. The second kappa shape index (κ2) is 8.91. The minimum atomic E-state index is -0.236. The normalized spacial score (nSPS) is 10.9. The number of methoxy groups -OCH3 is 1. The molecule has 0 radical (unpaired) electrons. The number of hydrogen-bond donors (Lipinski definition) is 1. The number of hydrogen-bond acceptors (Lipinski definition) is 6. The number of para-hydroxylation sites is 1. The van der Waals surface area contributed by atoms with Gasteiger partial charge in [0.15, 0.2) is 5.16 Å². The van der Waals surface area contributed by atoms with Crippen molar-refractivity contribution in [1.82, 2.24) is 9.55 Å². The summed E-state index contributed by atoms with van der Waals surface area (Å²) in [6, 6.07) is 16.1. The van der Waals surface area contributed by atoms with E-state index in [9.17, 15) is 9.59 Å². The van der Waals surface area contributed by atoms with Crippen molar-refractivity contribution in [2.75, 3.05) is 18.2 Å². The van der Waals surface area contributed by atoms with E-state index in [2.05, 4.69) is 10.3 Å². The molecule has 0 spiro atoms. The summed E-state index contributed by atoms with van der Waals surface area (Å²) in [4.78, 5) is 30.1. The molecule has 0 saturated heterocycles. The van der Waals surface area contributed by atoms with Gasteiger partial charge in [-0.05, 0) is 41.8 Å². The Balaban J connectivity index is 1.58. The van der Waals surface area contributed by atoms with Crippen LogP contribution < -0.4 is 15.6 Å². The van der Waals surface area contributed by atoms with Crippen molar-refractivity contribution in [3.63, 3.8) is 0 Å². The van der Waals surface area contributed by atoms with Gasteiger partial charge < -0.3 is 10.1 Å². The number of carbonyl (C=O) groups is 1. The molecule has 1 amide bonds. The van der Waals surface area contributed by atoms with Crippen LogP contribution in [0.2, 0.25) is 5.02 Å². The monoisotopic (exact) mass is 457 g/mol.